The van der Waals surface area contributed by atoms with Crippen LogP contribution < -0.4 is 15.0 Å². The van der Waals surface area contributed by atoms with Crippen LogP contribution in [0, 0.1) is 17.8 Å². The lowest BCUT2D eigenvalue weighted by atomic mass is 9.78. The lowest BCUT2D eigenvalue weighted by molar-refractivity contribution is -0.127. The molecule has 1 aromatic carbocycles. The topological polar surface area (TPSA) is 54.5 Å². The van der Waals surface area contributed by atoms with Gasteiger partial charge in [0.2, 0.25) is 5.91 Å². The summed E-state index contributed by atoms with van der Waals surface area (Å²) in [5.74, 6) is 2.59. The highest BCUT2D eigenvalue weighted by Crippen LogP contribution is 2.34. The number of thiazole rings is 1. The van der Waals surface area contributed by atoms with E-state index in [0.717, 1.165) is 53.4 Å². The van der Waals surface area contributed by atoms with Crippen molar-refractivity contribution in [2.75, 3.05) is 24.6 Å². The zero-order valence-corrected chi connectivity index (χ0v) is 18.6. The van der Waals surface area contributed by atoms with Crippen LogP contribution in [0.2, 0.25) is 0 Å². The standard InChI is InChI=1S/C23H33N3O2S/c1-4-28-18-8-9-20-21(14-18)29-23(25-20)26-12-10-17(11-13-26)22(27)24-19-7-5-6-15(2)16(19)3/h8-9,14-17,19H,4-7,10-13H2,1-3H3,(H,24,27)/t15-,16+,19-/m1/s1. The van der Waals surface area contributed by atoms with Crippen molar-refractivity contribution in [2.24, 2.45) is 17.8 Å². The van der Waals surface area contributed by atoms with E-state index in [2.05, 4.69) is 30.1 Å². The molecule has 1 aliphatic carbocycles. The second-order valence-corrected chi connectivity index (χ2v) is 9.71. The van der Waals surface area contributed by atoms with Crippen LogP contribution in [0.25, 0.3) is 10.2 Å². The molecule has 0 spiro atoms. The molecule has 0 bridgehead atoms. The van der Waals surface area contributed by atoms with Crippen LogP contribution in [-0.4, -0.2) is 36.6 Å². The number of fused-ring (bicyclic) bond motifs is 1. The summed E-state index contributed by atoms with van der Waals surface area (Å²) in [7, 11) is 0. The van der Waals surface area contributed by atoms with Crippen molar-refractivity contribution < 1.29 is 9.53 Å². The van der Waals surface area contributed by atoms with Crippen molar-refractivity contribution in [3.8, 4) is 5.75 Å². The van der Waals surface area contributed by atoms with Gasteiger partial charge in [-0.15, -0.1) is 0 Å². The minimum absolute atomic E-state index is 0.134. The summed E-state index contributed by atoms with van der Waals surface area (Å²) in [4.78, 5) is 20.0. The van der Waals surface area contributed by atoms with Crippen molar-refractivity contribution >= 4 is 32.6 Å². The second-order valence-electron chi connectivity index (χ2n) is 8.70. The molecule has 1 saturated heterocycles. The normalized spacial score (nSPS) is 25.9. The summed E-state index contributed by atoms with van der Waals surface area (Å²) in [6, 6.07) is 6.45. The van der Waals surface area contributed by atoms with Gasteiger partial charge in [-0.05, 0) is 56.2 Å². The molecule has 2 heterocycles. The Bertz CT molecular complexity index is 844. The number of piperidine rings is 1. The summed E-state index contributed by atoms with van der Waals surface area (Å²) in [6.07, 6.45) is 5.47. The minimum atomic E-state index is 0.134. The molecule has 0 unspecified atom stereocenters. The van der Waals surface area contributed by atoms with Gasteiger partial charge < -0.3 is 15.0 Å². The van der Waals surface area contributed by atoms with Crippen LogP contribution >= 0.6 is 11.3 Å². The molecule has 1 aliphatic heterocycles. The third-order valence-electron chi connectivity index (χ3n) is 6.83. The number of ether oxygens (including phenoxy) is 1. The molecular weight excluding hydrogens is 382 g/mol. The number of aromatic nitrogens is 1. The molecule has 2 fully saturated rings. The Morgan fingerprint density at radius 3 is 2.79 bits per heavy atom. The highest BCUT2D eigenvalue weighted by molar-refractivity contribution is 7.22. The Morgan fingerprint density at radius 2 is 2.03 bits per heavy atom. The molecule has 158 valence electrons. The molecule has 29 heavy (non-hydrogen) atoms. The van der Waals surface area contributed by atoms with Gasteiger partial charge in [0.25, 0.3) is 0 Å². The number of anilines is 1. The maximum Gasteiger partial charge on any atom is 0.223 e. The van der Waals surface area contributed by atoms with E-state index >= 15 is 0 Å². The predicted molar refractivity (Wildman–Crippen MR) is 120 cm³/mol. The van der Waals surface area contributed by atoms with Crippen molar-refractivity contribution in [2.45, 2.75) is 58.9 Å². The molecule has 3 atom stereocenters. The first kappa shape index (κ1) is 20.5. The van der Waals surface area contributed by atoms with Crippen LogP contribution in [0.15, 0.2) is 18.2 Å². The monoisotopic (exact) mass is 415 g/mol. The van der Waals surface area contributed by atoms with E-state index in [1.165, 1.54) is 12.8 Å². The third kappa shape index (κ3) is 4.52. The number of hydrogen-bond acceptors (Lipinski definition) is 5. The molecule has 4 rings (SSSR count). The van der Waals surface area contributed by atoms with E-state index in [1.54, 1.807) is 11.3 Å². The molecule has 1 aromatic heterocycles. The van der Waals surface area contributed by atoms with Gasteiger partial charge in [0.15, 0.2) is 5.13 Å². The molecular formula is C23H33N3O2S. The largest absolute Gasteiger partial charge is 0.494 e. The fourth-order valence-corrected chi connectivity index (χ4v) is 5.75. The van der Waals surface area contributed by atoms with E-state index in [0.29, 0.717) is 24.5 Å². The Labute approximate surface area is 177 Å². The predicted octanol–water partition coefficient (Wildman–Crippen LogP) is 4.85. The van der Waals surface area contributed by atoms with Crippen LogP contribution in [0.3, 0.4) is 0 Å². The van der Waals surface area contributed by atoms with Crippen LogP contribution in [0.5, 0.6) is 5.75 Å². The molecule has 5 nitrogen and oxygen atoms in total. The van der Waals surface area contributed by atoms with E-state index in [9.17, 15) is 4.79 Å². The van der Waals surface area contributed by atoms with E-state index in [-0.39, 0.29) is 11.8 Å². The first-order chi connectivity index (χ1) is 14.0. The number of nitrogens with zero attached hydrogens (tertiary/aromatic N) is 2. The van der Waals surface area contributed by atoms with Crippen LogP contribution in [0.1, 0.15) is 52.9 Å². The molecule has 1 saturated carbocycles. The van der Waals surface area contributed by atoms with E-state index in [1.807, 2.05) is 19.1 Å². The summed E-state index contributed by atoms with van der Waals surface area (Å²) in [6.45, 7) is 9.07. The molecule has 1 amide bonds. The average Bonchev–Trinajstić information content (AvgIpc) is 3.15. The Morgan fingerprint density at radius 1 is 1.24 bits per heavy atom. The van der Waals surface area contributed by atoms with Gasteiger partial charge in [-0.3, -0.25) is 4.79 Å². The highest BCUT2D eigenvalue weighted by Gasteiger charge is 2.32. The number of carbonyl (C=O) groups is 1. The zero-order chi connectivity index (χ0) is 20.4. The number of carbonyl (C=O) groups excluding carboxylic acids is 1. The Hall–Kier alpha value is -1.82. The number of nitrogens with one attached hydrogen (secondary N) is 1. The van der Waals surface area contributed by atoms with Crippen molar-refractivity contribution in [3.05, 3.63) is 18.2 Å². The quantitative estimate of drug-likeness (QED) is 0.758. The molecule has 2 aliphatic rings. The average molecular weight is 416 g/mol. The van der Waals surface area contributed by atoms with Crippen LogP contribution in [0.4, 0.5) is 5.13 Å². The van der Waals surface area contributed by atoms with Crippen molar-refractivity contribution in [3.63, 3.8) is 0 Å². The van der Waals surface area contributed by atoms with Crippen molar-refractivity contribution in [1.82, 2.24) is 10.3 Å². The summed E-state index contributed by atoms with van der Waals surface area (Å²) < 4.78 is 6.76. The third-order valence-corrected chi connectivity index (χ3v) is 7.91. The fourth-order valence-electron chi connectivity index (χ4n) is 4.70. The Balaban J connectivity index is 1.34. The molecule has 0 radical (unpaired) electrons. The van der Waals surface area contributed by atoms with Gasteiger partial charge >= 0.3 is 0 Å². The maximum absolute atomic E-state index is 12.8. The lowest BCUT2D eigenvalue weighted by Gasteiger charge is -2.37. The molecule has 6 heteroatoms. The van der Waals surface area contributed by atoms with Gasteiger partial charge in [0.05, 0.1) is 16.8 Å². The van der Waals surface area contributed by atoms with Gasteiger partial charge in [-0.25, -0.2) is 4.98 Å². The van der Waals surface area contributed by atoms with Gasteiger partial charge in [-0.1, -0.05) is 38.0 Å². The number of hydrogen-bond donors (Lipinski definition) is 1. The van der Waals surface area contributed by atoms with Gasteiger partial charge in [0.1, 0.15) is 5.75 Å². The van der Waals surface area contributed by atoms with Crippen molar-refractivity contribution in [1.29, 1.82) is 0 Å². The first-order valence-corrected chi connectivity index (χ1v) is 12.0. The summed E-state index contributed by atoms with van der Waals surface area (Å²) in [5, 5.41) is 4.44. The maximum atomic E-state index is 12.8. The number of rotatable bonds is 5. The summed E-state index contributed by atoms with van der Waals surface area (Å²) in [5.41, 5.74) is 1.02. The minimum Gasteiger partial charge on any atom is -0.494 e. The van der Waals surface area contributed by atoms with E-state index < -0.39 is 0 Å². The smallest absolute Gasteiger partial charge is 0.223 e. The van der Waals surface area contributed by atoms with Gasteiger partial charge in [-0.2, -0.15) is 0 Å². The first-order valence-electron chi connectivity index (χ1n) is 11.1. The molecule has 1 N–H and O–H groups in total. The SMILES string of the molecule is CCOc1ccc2nc(N3CCC(C(=O)N[C@@H]4CCC[C@@H](C)[C@@H]4C)CC3)sc2c1. The second kappa shape index (κ2) is 8.90. The van der Waals surface area contributed by atoms with Crippen LogP contribution in [-0.2, 0) is 4.79 Å². The highest BCUT2D eigenvalue weighted by atomic mass is 32.1. The fraction of sp³-hybridized carbons (Fsp3) is 0.652. The number of amides is 1. The Kier molecular flexibility index (Phi) is 6.28. The van der Waals surface area contributed by atoms with E-state index in [4.69, 9.17) is 9.72 Å². The summed E-state index contributed by atoms with van der Waals surface area (Å²) >= 11 is 1.72. The molecule has 2 aromatic rings. The zero-order valence-electron chi connectivity index (χ0n) is 17.8. The van der Waals surface area contributed by atoms with Gasteiger partial charge in [0, 0.05) is 25.0 Å². The number of benzene rings is 1. The lowest BCUT2D eigenvalue weighted by Crippen LogP contribution is -2.48.